The van der Waals surface area contributed by atoms with Crippen LogP contribution in [0, 0.1) is 0 Å². The molecule has 0 aliphatic heterocycles. The molecule has 26 heavy (non-hydrogen) atoms. The lowest BCUT2D eigenvalue weighted by atomic mass is 10.1. The summed E-state index contributed by atoms with van der Waals surface area (Å²) in [5.74, 6) is 0. The van der Waals surface area contributed by atoms with Crippen LogP contribution < -0.4 is 5.56 Å². The second-order valence-corrected chi connectivity index (χ2v) is 6.92. The Bertz CT molecular complexity index is 1130. The zero-order valence-corrected chi connectivity index (χ0v) is 15.4. The van der Waals surface area contributed by atoms with Gasteiger partial charge in [0.05, 0.1) is 18.8 Å². The van der Waals surface area contributed by atoms with Gasteiger partial charge in [0.1, 0.15) is 5.52 Å². The minimum atomic E-state index is -0.246. The van der Waals surface area contributed by atoms with Crippen molar-refractivity contribution in [1.82, 2.24) is 14.2 Å². The Hall–Kier alpha value is -2.70. The van der Waals surface area contributed by atoms with Gasteiger partial charge in [-0.15, -0.1) is 0 Å². The van der Waals surface area contributed by atoms with Gasteiger partial charge in [0, 0.05) is 28.0 Å². The number of aliphatic hydroxyl groups excluding tert-OH is 1. The van der Waals surface area contributed by atoms with Gasteiger partial charge in [0.2, 0.25) is 0 Å². The summed E-state index contributed by atoms with van der Waals surface area (Å²) in [7, 11) is 0. The van der Waals surface area contributed by atoms with Gasteiger partial charge in [-0.05, 0) is 17.7 Å². The van der Waals surface area contributed by atoms with Crippen LogP contribution in [0.15, 0.2) is 76.3 Å². The van der Waals surface area contributed by atoms with Crippen LogP contribution in [-0.4, -0.2) is 19.3 Å². The fraction of sp³-hybridized carbons (Fsp3) is 0.100. The maximum atomic E-state index is 13.0. The fourth-order valence-corrected chi connectivity index (χ4v) is 3.53. The minimum Gasteiger partial charge on any atom is -0.392 e. The molecule has 4 aromatic rings. The molecule has 1 N–H and O–H groups in total. The molecule has 2 aromatic carbocycles. The van der Waals surface area contributed by atoms with E-state index in [1.165, 1.54) is 0 Å². The molecule has 0 bridgehead atoms. The Balaban J connectivity index is 1.86. The Morgan fingerprint density at radius 3 is 2.58 bits per heavy atom. The van der Waals surface area contributed by atoms with Crippen molar-refractivity contribution in [3.05, 3.63) is 92.9 Å². The van der Waals surface area contributed by atoms with E-state index in [4.69, 9.17) is 0 Å². The van der Waals surface area contributed by atoms with Gasteiger partial charge in [-0.3, -0.25) is 4.79 Å². The van der Waals surface area contributed by atoms with Gasteiger partial charge in [-0.25, -0.2) is 4.52 Å². The zero-order chi connectivity index (χ0) is 18.1. The highest BCUT2D eigenvalue weighted by atomic mass is 79.9. The highest BCUT2D eigenvalue weighted by Crippen LogP contribution is 2.24. The van der Waals surface area contributed by atoms with Crippen LogP contribution in [0.25, 0.3) is 16.8 Å². The van der Waals surface area contributed by atoms with Gasteiger partial charge in [-0.1, -0.05) is 58.4 Å². The van der Waals surface area contributed by atoms with E-state index in [1.807, 2.05) is 54.6 Å². The number of rotatable bonds is 4. The molecule has 0 aliphatic carbocycles. The van der Waals surface area contributed by atoms with Crippen LogP contribution in [0.1, 0.15) is 11.1 Å². The number of benzene rings is 2. The molecule has 0 radical (unpaired) electrons. The summed E-state index contributed by atoms with van der Waals surface area (Å²) >= 11 is 3.45. The van der Waals surface area contributed by atoms with Crippen molar-refractivity contribution >= 4 is 21.4 Å². The molecule has 130 valence electrons. The molecular formula is C20H16BrN3O2. The predicted molar refractivity (Wildman–Crippen MR) is 104 cm³/mol. The lowest BCUT2D eigenvalue weighted by molar-refractivity contribution is 0.283. The van der Waals surface area contributed by atoms with Crippen LogP contribution >= 0.6 is 15.9 Å². The first-order chi connectivity index (χ1) is 12.7. The van der Waals surface area contributed by atoms with Crippen molar-refractivity contribution in [1.29, 1.82) is 0 Å². The van der Waals surface area contributed by atoms with Crippen LogP contribution in [0.3, 0.4) is 0 Å². The summed E-state index contributed by atoms with van der Waals surface area (Å²) in [5, 5.41) is 14.4. The van der Waals surface area contributed by atoms with Crippen molar-refractivity contribution in [2.24, 2.45) is 0 Å². The summed E-state index contributed by atoms with van der Waals surface area (Å²) in [4.78, 5) is 13.0. The standard InChI is InChI=1S/C20H16BrN3O2/c21-16-8-4-5-14(11-16)12-23-9-10-24-19(20(23)26)17(13-25)18(22-24)15-6-2-1-3-7-15/h1-11,25H,12-13H2. The summed E-state index contributed by atoms with van der Waals surface area (Å²) in [5.41, 5.74) is 3.29. The highest BCUT2D eigenvalue weighted by molar-refractivity contribution is 9.10. The number of hydrogen-bond donors (Lipinski definition) is 1. The number of hydrogen-bond acceptors (Lipinski definition) is 3. The molecule has 0 fully saturated rings. The van der Waals surface area contributed by atoms with E-state index < -0.39 is 0 Å². The van der Waals surface area contributed by atoms with Gasteiger partial charge in [-0.2, -0.15) is 5.10 Å². The molecule has 4 rings (SSSR count). The van der Waals surface area contributed by atoms with Gasteiger partial charge < -0.3 is 9.67 Å². The highest BCUT2D eigenvalue weighted by Gasteiger charge is 2.17. The number of halogens is 1. The summed E-state index contributed by atoms with van der Waals surface area (Å²) in [6.45, 7) is 0.204. The molecule has 0 saturated heterocycles. The Morgan fingerprint density at radius 2 is 1.85 bits per heavy atom. The summed E-state index contributed by atoms with van der Waals surface area (Å²) in [6, 6.07) is 17.4. The third-order valence-corrected chi connectivity index (χ3v) is 4.80. The predicted octanol–water partition coefficient (Wildman–Crippen LogP) is 3.47. The molecule has 5 nitrogen and oxygen atoms in total. The maximum Gasteiger partial charge on any atom is 0.277 e. The first-order valence-corrected chi connectivity index (χ1v) is 8.98. The molecule has 0 aliphatic rings. The first kappa shape index (κ1) is 16.8. The van der Waals surface area contributed by atoms with Crippen molar-refractivity contribution in [2.75, 3.05) is 0 Å². The Labute approximate surface area is 158 Å². The summed E-state index contributed by atoms with van der Waals surface area (Å²) in [6.07, 6.45) is 3.47. The van der Waals surface area contributed by atoms with Crippen LogP contribution in [-0.2, 0) is 13.2 Å². The molecule has 6 heteroatoms. The molecule has 0 spiro atoms. The van der Waals surface area contributed by atoms with E-state index in [0.29, 0.717) is 23.3 Å². The quantitative estimate of drug-likeness (QED) is 0.561. The Morgan fingerprint density at radius 1 is 1.04 bits per heavy atom. The fourth-order valence-electron chi connectivity index (χ4n) is 3.09. The zero-order valence-electron chi connectivity index (χ0n) is 13.8. The van der Waals surface area contributed by atoms with Crippen molar-refractivity contribution < 1.29 is 5.11 Å². The van der Waals surface area contributed by atoms with Gasteiger partial charge in [0.25, 0.3) is 5.56 Å². The number of aromatic nitrogens is 3. The smallest absolute Gasteiger partial charge is 0.277 e. The van der Waals surface area contributed by atoms with E-state index in [0.717, 1.165) is 15.6 Å². The van der Waals surface area contributed by atoms with Gasteiger partial charge >= 0.3 is 0 Å². The molecule has 0 saturated carbocycles. The number of fused-ring (bicyclic) bond motifs is 1. The maximum absolute atomic E-state index is 13.0. The molecule has 2 aromatic heterocycles. The largest absolute Gasteiger partial charge is 0.392 e. The SMILES string of the molecule is O=c1c2c(CO)c(-c3ccccc3)nn2ccn1Cc1cccc(Br)c1. The van der Waals surface area contributed by atoms with Crippen LogP contribution in [0.2, 0.25) is 0 Å². The van der Waals surface area contributed by atoms with E-state index >= 15 is 0 Å². The third kappa shape index (κ3) is 2.98. The topological polar surface area (TPSA) is 59.5 Å². The van der Waals surface area contributed by atoms with E-state index in [-0.39, 0.29) is 12.2 Å². The molecule has 2 heterocycles. The van der Waals surface area contributed by atoms with Crippen LogP contribution in [0.4, 0.5) is 0 Å². The molecule has 0 atom stereocenters. The summed E-state index contributed by atoms with van der Waals surface area (Å²) < 4.78 is 4.15. The van der Waals surface area contributed by atoms with Crippen LogP contribution in [0.5, 0.6) is 0 Å². The lowest BCUT2D eigenvalue weighted by Crippen LogP contribution is -2.22. The van der Waals surface area contributed by atoms with E-state index in [9.17, 15) is 9.90 Å². The van der Waals surface area contributed by atoms with Crippen molar-refractivity contribution in [2.45, 2.75) is 13.2 Å². The average molecular weight is 410 g/mol. The normalized spacial score (nSPS) is 11.2. The average Bonchev–Trinajstić information content (AvgIpc) is 3.04. The number of aliphatic hydroxyl groups is 1. The molecule has 0 unspecified atom stereocenters. The minimum absolute atomic E-state index is 0.175. The third-order valence-electron chi connectivity index (χ3n) is 4.31. The van der Waals surface area contributed by atoms with E-state index in [2.05, 4.69) is 21.0 Å². The lowest BCUT2D eigenvalue weighted by Gasteiger charge is -2.07. The monoisotopic (exact) mass is 409 g/mol. The number of nitrogens with zero attached hydrogens (tertiary/aromatic N) is 3. The Kier molecular flexibility index (Phi) is 4.44. The van der Waals surface area contributed by atoms with Gasteiger partial charge in [0.15, 0.2) is 0 Å². The van der Waals surface area contributed by atoms with Crippen molar-refractivity contribution in [3.8, 4) is 11.3 Å². The first-order valence-electron chi connectivity index (χ1n) is 8.19. The molecular weight excluding hydrogens is 394 g/mol. The molecule has 0 amide bonds. The van der Waals surface area contributed by atoms with E-state index in [1.54, 1.807) is 21.5 Å². The second kappa shape index (κ2) is 6.90. The van der Waals surface area contributed by atoms with Crippen molar-refractivity contribution in [3.63, 3.8) is 0 Å². The second-order valence-electron chi connectivity index (χ2n) is 6.01.